The lowest BCUT2D eigenvalue weighted by molar-refractivity contribution is 0.267. The Hall–Kier alpha value is -0.520. The van der Waals surface area contributed by atoms with Crippen LogP contribution >= 0.6 is 11.8 Å². The molecule has 0 saturated heterocycles. The number of aryl methyl sites for hydroxylation is 1. The average molecular weight is 297 g/mol. The predicted molar refractivity (Wildman–Crippen MR) is 85.2 cm³/mol. The fraction of sp³-hybridized carbons (Fsp3) is 0.800. The molecule has 114 valence electrons. The van der Waals surface area contributed by atoms with E-state index in [0.717, 1.165) is 17.5 Å². The second-order valence-corrected chi connectivity index (χ2v) is 6.84. The monoisotopic (exact) mass is 297 g/mol. The van der Waals surface area contributed by atoms with Crippen LogP contribution in [0.4, 0.5) is 0 Å². The first-order valence-corrected chi connectivity index (χ1v) is 8.84. The molecule has 1 aromatic rings. The van der Waals surface area contributed by atoms with Gasteiger partial charge in [0, 0.05) is 29.1 Å². The molecule has 1 heterocycles. The van der Waals surface area contributed by atoms with Crippen molar-refractivity contribution < 1.29 is 5.11 Å². The van der Waals surface area contributed by atoms with Crippen LogP contribution in [0.1, 0.15) is 42.6 Å². The van der Waals surface area contributed by atoms with Gasteiger partial charge in [0.2, 0.25) is 0 Å². The van der Waals surface area contributed by atoms with Crippen LogP contribution in [0.15, 0.2) is 0 Å². The minimum atomic E-state index is 0.146. The number of nitrogens with zero attached hydrogens (tertiary/aromatic N) is 2. The first-order valence-electron chi connectivity index (χ1n) is 7.55. The van der Waals surface area contributed by atoms with Gasteiger partial charge in [-0.2, -0.15) is 16.9 Å². The molecule has 2 unspecified atom stereocenters. The molecule has 20 heavy (non-hydrogen) atoms. The summed E-state index contributed by atoms with van der Waals surface area (Å²) in [6.07, 6.45) is 7.50. The summed E-state index contributed by atoms with van der Waals surface area (Å²) in [4.78, 5) is 0. The van der Waals surface area contributed by atoms with E-state index in [1.54, 1.807) is 0 Å². The largest absolute Gasteiger partial charge is 0.394 e. The zero-order valence-corrected chi connectivity index (χ0v) is 13.7. The third kappa shape index (κ3) is 3.77. The number of aliphatic hydroxyl groups is 1. The van der Waals surface area contributed by atoms with Gasteiger partial charge in [-0.05, 0) is 39.4 Å². The average Bonchev–Trinajstić information content (AvgIpc) is 2.72. The summed E-state index contributed by atoms with van der Waals surface area (Å²) >= 11 is 2.00. The standard InChI is InChI=1S/C15H27N3OS/c1-11-15(12(2)18(17-11)7-8-19)10-16-13-5-4-6-14(9-13)20-3/h13-14,16,19H,4-10H2,1-3H3. The Morgan fingerprint density at radius 3 is 2.90 bits per heavy atom. The van der Waals surface area contributed by atoms with Crippen LogP contribution in [-0.2, 0) is 13.1 Å². The van der Waals surface area contributed by atoms with Gasteiger partial charge in [0.15, 0.2) is 0 Å². The number of aromatic nitrogens is 2. The van der Waals surface area contributed by atoms with Gasteiger partial charge in [0.1, 0.15) is 0 Å². The van der Waals surface area contributed by atoms with Crippen LogP contribution in [0.5, 0.6) is 0 Å². The van der Waals surface area contributed by atoms with Crippen molar-refractivity contribution in [3.63, 3.8) is 0 Å². The maximum atomic E-state index is 9.06. The quantitative estimate of drug-likeness (QED) is 0.845. The molecule has 1 aliphatic carbocycles. The number of rotatable bonds is 6. The maximum absolute atomic E-state index is 9.06. The minimum absolute atomic E-state index is 0.146. The number of hydrogen-bond donors (Lipinski definition) is 2. The van der Waals surface area contributed by atoms with Gasteiger partial charge < -0.3 is 10.4 Å². The lowest BCUT2D eigenvalue weighted by Gasteiger charge is -2.28. The topological polar surface area (TPSA) is 50.1 Å². The molecule has 1 aromatic heterocycles. The van der Waals surface area contributed by atoms with Crippen molar-refractivity contribution in [1.82, 2.24) is 15.1 Å². The van der Waals surface area contributed by atoms with Crippen LogP contribution < -0.4 is 5.32 Å². The van der Waals surface area contributed by atoms with Crippen molar-refractivity contribution >= 4 is 11.8 Å². The fourth-order valence-electron chi connectivity index (χ4n) is 3.09. The number of aliphatic hydroxyl groups excluding tert-OH is 1. The Labute approximate surface area is 126 Å². The molecule has 0 bridgehead atoms. The third-order valence-electron chi connectivity index (χ3n) is 4.37. The molecule has 0 radical (unpaired) electrons. The van der Waals surface area contributed by atoms with Crippen LogP contribution in [0.25, 0.3) is 0 Å². The molecule has 5 heteroatoms. The molecule has 1 saturated carbocycles. The summed E-state index contributed by atoms with van der Waals surface area (Å²) in [7, 11) is 0. The molecule has 0 aromatic carbocycles. The van der Waals surface area contributed by atoms with Crippen LogP contribution in [0.3, 0.4) is 0 Å². The first kappa shape index (κ1) is 15.9. The number of hydrogen-bond acceptors (Lipinski definition) is 4. The van der Waals surface area contributed by atoms with E-state index >= 15 is 0 Å². The van der Waals surface area contributed by atoms with Gasteiger partial charge in [-0.3, -0.25) is 4.68 Å². The summed E-state index contributed by atoms with van der Waals surface area (Å²) in [6.45, 7) is 5.79. The van der Waals surface area contributed by atoms with Gasteiger partial charge in [-0.15, -0.1) is 0 Å². The molecule has 2 rings (SSSR count). The first-order chi connectivity index (χ1) is 9.65. The summed E-state index contributed by atoms with van der Waals surface area (Å²) in [5.41, 5.74) is 3.56. The second kappa shape index (κ2) is 7.48. The van der Waals surface area contributed by atoms with Gasteiger partial charge in [0.25, 0.3) is 0 Å². The summed E-state index contributed by atoms with van der Waals surface area (Å²) in [6, 6.07) is 0.640. The van der Waals surface area contributed by atoms with E-state index in [9.17, 15) is 0 Å². The van der Waals surface area contributed by atoms with Crippen molar-refractivity contribution in [3.8, 4) is 0 Å². The third-order valence-corrected chi connectivity index (χ3v) is 5.46. The van der Waals surface area contributed by atoms with Crippen LogP contribution in [-0.4, -0.2) is 39.0 Å². The zero-order chi connectivity index (χ0) is 14.5. The lowest BCUT2D eigenvalue weighted by atomic mass is 9.94. The predicted octanol–water partition coefficient (Wildman–Crippen LogP) is 2.26. The maximum Gasteiger partial charge on any atom is 0.0644 e. The fourth-order valence-corrected chi connectivity index (χ4v) is 3.92. The van der Waals surface area contributed by atoms with Gasteiger partial charge in [-0.1, -0.05) is 6.42 Å². The van der Waals surface area contributed by atoms with Crippen molar-refractivity contribution in [2.45, 2.75) is 63.9 Å². The Morgan fingerprint density at radius 1 is 1.40 bits per heavy atom. The molecule has 2 atom stereocenters. The van der Waals surface area contributed by atoms with E-state index in [1.165, 1.54) is 36.9 Å². The van der Waals surface area contributed by atoms with E-state index in [0.29, 0.717) is 12.6 Å². The Morgan fingerprint density at radius 2 is 2.20 bits per heavy atom. The SMILES string of the molecule is CSC1CCCC(NCc2c(C)nn(CCO)c2C)C1. The van der Waals surface area contributed by atoms with Crippen LogP contribution in [0.2, 0.25) is 0 Å². The van der Waals surface area contributed by atoms with Crippen LogP contribution in [0, 0.1) is 13.8 Å². The second-order valence-electron chi connectivity index (χ2n) is 5.70. The van der Waals surface area contributed by atoms with E-state index in [-0.39, 0.29) is 6.61 Å². The summed E-state index contributed by atoms with van der Waals surface area (Å²) in [5.74, 6) is 0. The minimum Gasteiger partial charge on any atom is -0.394 e. The molecule has 0 spiro atoms. The lowest BCUT2D eigenvalue weighted by Crippen LogP contribution is -2.34. The highest BCUT2D eigenvalue weighted by Crippen LogP contribution is 2.27. The molecule has 1 aliphatic rings. The summed E-state index contributed by atoms with van der Waals surface area (Å²) in [5, 5.41) is 18.1. The van der Waals surface area contributed by atoms with Crippen molar-refractivity contribution in [3.05, 3.63) is 17.0 Å². The molecule has 1 fully saturated rings. The van der Waals surface area contributed by atoms with Gasteiger partial charge >= 0.3 is 0 Å². The normalized spacial score (nSPS) is 23.2. The zero-order valence-electron chi connectivity index (χ0n) is 12.9. The van der Waals surface area contributed by atoms with E-state index < -0.39 is 0 Å². The van der Waals surface area contributed by atoms with Gasteiger partial charge in [0.05, 0.1) is 18.8 Å². The van der Waals surface area contributed by atoms with Crippen molar-refractivity contribution in [1.29, 1.82) is 0 Å². The molecule has 2 N–H and O–H groups in total. The highest BCUT2D eigenvalue weighted by Gasteiger charge is 2.21. The highest BCUT2D eigenvalue weighted by atomic mass is 32.2. The van der Waals surface area contributed by atoms with Gasteiger partial charge in [-0.25, -0.2) is 0 Å². The molecule has 0 aliphatic heterocycles. The number of nitrogens with one attached hydrogen (secondary N) is 1. The summed E-state index contributed by atoms with van der Waals surface area (Å²) < 4.78 is 1.91. The molecular weight excluding hydrogens is 270 g/mol. The Kier molecular flexibility index (Phi) is 5.93. The van der Waals surface area contributed by atoms with E-state index in [2.05, 4.69) is 30.5 Å². The Balaban J connectivity index is 1.93. The molecular formula is C15H27N3OS. The van der Waals surface area contributed by atoms with Crippen molar-refractivity contribution in [2.75, 3.05) is 12.9 Å². The molecule has 4 nitrogen and oxygen atoms in total. The van der Waals surface area contributed by atoms with E-state index in [1.807, 2.05) is 16.4 Å². The highest BCUT2D eigenvalue weighted by molar-refractivity contribution is 7.99. The smallest absolute Gasteiger partial charge is 0.0644 e. The Bertz CT molecular complexity index is 433. The van der Waals surface area contributed by atoms with Crippen molar-refractivity contribution in [2.24, 2.45) is 0 Å². The molecule has 0 amide bonds. The number of thioether (sulfide) groups is 1. The van der Waals surface area contributed by atoms with E-state index in [4.69, 9.17) is 5.11 Å².